The predicted octanol–water partition coefficient (Wildman–Crippen LogP) is 0.766. The Balaban J connectivity index is 0.000000579. The van der Waals surface area contributed by atoms with Crippen LogP contribution in [0.3, 0.4) is 0 Å². The van der Waals surface area contributed by atoms with Crippen LogP contribution in [0, 0.1) is 23.3 Å². The quantitative estimate of drug-likeness (QED) is 0.0161. The topological polar surface area (TPSA) is 259 Å². The van der Waals surface area contributed by atoms with Crippen molar-refractivity contribution in [2.75, 3.05) is 60.1 Å². The van der Waals surface area contributed by atoms with Gasteiger partial charge in [-0.05, 0) is 114 Å². The average Bonchev–Trinajstić information content (AvgIpc) is 3.89. The van der Waals surface area contributed by atoms with Gasteiger partial charge in [0.05, 0.1) is 25.3 Å². The smallest absolute Gasteiger partial charge is 1.00 e. The Hall–Kier alpha value is -3.23. The molecule has 0 bridgehead atoms. The van der Waals surface area contributed by atoms with E-state index in [1.807, 2.05) is 0 Å². The number of unbranched alkanes of at least 4 members (excludes halogenated alkanes) is 1. The molecule has 8 N–H and O–H groups in total. The number of ether oxygens (including phenoxy) is 2. The van der Waals surface area contributed by atoms with E-state index in [4.69, 9.17) is 36.7 Å². The van der Waals surface area contributed by atoms with E-state index in [0.717, 1.165) is 74.2 Å². The third kappa shape index (κ3) is 18.4. The van der Waals surface area contributed by atoms with E-state index in [-0.39, 0.29) is 125 Å². The van der Waals surface area contributed by atoms with E-state index in [2.05, 4.69) is 72.2 Å². The number of carbonyl (C=O) groups is 3. The molecule has 2 aromatic heterocycles. The summed E-state index contributed by atoms with van der Waals surface area (Å²) in [4.78, 5) is 55.9. The molecule has 4 aromatic rings. The SMILES string of the molecule is BrCCCCBr.COc1ccc(F)c(F)c1C(=O)c1cnc(NC2CCC(N)CC2)nc1N.COc1ccc(F)c(F)c1C(=O)c1cnc(NC2CCC(N3CCCC3)CC2)nc1N.O=CO[O-].[H-].[Na+].[Na+]. The normalized spacial score (nSPS) is 18.3. The third-order valence-electron chi connectivity index (χ3n) is 11.5. The summed E-state index contributed by atoms with van der Waals surface area (Å²) in [5, 5.41) is 17.2. The van der Waals surface area contributed by atoms with Crippen molar-refractivity contribution in [3.05, 3.63) is 82.2 Å². The van der Waals surface area contributed by atoms with E-state index >= 15 is 0 Å². The van der Waals surface area contributed by atoms with Crippen LogP contribution in [0.25, 0.3) is 0 Å². The van der Waals surface area contributed by atoms with Crippen LogP contribution in [-0.4, -0.2) is 105 Å². The maximum Gasteiger partial charge on any atom is 1.00 e. The zero-order valence-corrected chi connectivity index (χ0v) is 46.9. The van der Waals surface area contributed by atoms with Gasteiger partial charge in [-0.25, -0.2) is 27.5 Å². The number of benzene rings is 2. The van der Waals surface area contributed by atoms with Gasteiger partial charge in [-0.3, -0.25) is 14.4 Å². The number of hydrogen-bond acceptors (Lipinski definition) is 17. The van der Waals surface area contributed by atoms with Crippen LogP contribution in [0.5, 0.6) is 11.5 Å². The van der Waals surface area contributed by atoms with Crippen molar-refractivity contribution < 1.29 is 112 Å². The Kier molecular flexibility index (Phi) is 29.4. The monoisotopic (exact) mass is 1130 g/mol. The molecule has 1 aliphatic heterocycles. The summed E-state index contributed by atoms with van der Waals surface area (Å²) < 4.78 is 65.6. The number of likely N-dealkylation sites (tertiary alicyclic amines) is 1. The maximum absolute atomic E-state index is 14.3. The molecule has 25 heteroatoms. The number of halogens is 6. The van der Waals surface area contributed by atoms with Crippen molar-refractivity contribution >= 4 is 73.4 Å². The Morgan fingerprint density at radius 2 is 1.13 bits per heavy atom. The molecule has 0 amide bonds. The molecule has 0 unspecified atom stereocenters. The summed E-state index contributed by atoms with van der Waals surface area (Å²) in [7, 11) is 2.53. The van der Waals surface area contributed by atoms with E-state index in [1.165, 1.54) is 77.5 Å². The number of aromatic nitrogens is 4. The summed E-state index contributed by atoms with van der Waals surface area (Å²) in [6.07, 6.45) is 15.5. The predicted molar refractivity (Wildman–Crippen MR) is 255 cm³/mol. The van der Waals surface area contributed by atoms with Crippen molar-refractivity contribution in [3.8, 4) is 11.5 Å². The molecule has 0 spiro atoms. The molecular formula is C45H58Br2F4N10Na2O7. The Morgan fingerprint density at radius 1 is 0.743 bits per heavy atom. The molecule has 1 saturated heterocycles. The van der Waals surface area contributed by atoms with Gasteiger partial charge in [-0.1, -0.05) is 31.9 Å². The van der Waals surface area contributed by atoms with Gasteiger partial charge in [0.2, 0.25) is 23.5 Å². The molecule has 70 heavy (non-hydrogen) atoms. The van der Waals surface area contributed by atoms with Crippen LogP contribution >= 0.6 is 31.9 Å². The number of nitrogens with zero attached hydrogens (tertiary/aromatic N) is 5. The summed E-state index contributed by atoms with van der Waals surface area (Å²) in [6.45, 7) is 2.23. The van der Waals surface area contributed by atoms with Crippen LogP contribution < -0.4 is 102 Å². The van der Waals surface area contributed by atoms with E-state index in [9.17, 15) is 27.2 Å². The maximum atomic E-state index is 14.3. The summed E-state index contributed by atoms with van der Waals surface area (Å²) >= 11 is 6.66. The first-order valence-electron chi connectivity index (χ1n) is 22.0. The number of nitrogens with one attached hydrogen (secondary N) is 2. The van der Waals surface area contributed by atoms with E-state index in [1.54, 1.807) is 0 Å². The fourth-order valence-corrected chi connectivity index (χ4v) is 8.68. The number of alkyl halides is 2. The first-order chi connectivity index (χ1) is 32.7. The molecule has 2 saturated carbocycles. The second kappa shape index (κ2) is 32.8. The number of methoxy groups -OCH3 is 2. The third-order valence-corrected chi connectivity index (χ3v) is 12.6. The molecular weight excluding hydrogens is 1070 g/mol. The van der Waals surface area contributed by atoms with Crippen LogP contribution in [-0.2, 0) is 9.68 Å². The van der Waals surface area contributed by atoms with E-state index in [0.29, 0.717) is 12.0 Å². The van der Waals surface area contributed by atoms with Crippen molar-refractivity contribution in [2.45, 2.75) is 101 Å². The van der Waals surface area contributed by atoms with Crippen LogP contribution in [0.4, 0.5) is 41.1 Å². The fourth-order valence-electron chi connectivity index (χ4n) is 7.89. The molecule has 2 aromatic carbocycles. The molecule has 3 heterocycles. The molecule has 7 rings (SSSR count). The second-order valence-corrected chi connectivity index (χ2v) is 17.5. The minimum absolute atomic E-state index is 0. The summed E-state index contributed by atoms with van der Waals surface area (Å²) in [5.41, 5.74) is 16.4. The minimum Gasteiger partial charge on any atom is -1.00 e. The molecule has 2 aliphatic carbocycles. The van der Waals surface area contributed by atoms with Gasteiger partial charge in [-0.15, -0.1) is 0 Å². The standard InChI is InChI=1S/C22H27F2N5O2.C18H21F2N5O2.C4H8Br2.CH2O3.2Na.H/c1-31-17-9-8-16(23)19(24)18(17)20(30)15-12-26-22(28-21(15)25)27-13-4-6-14(7-5-13)29-10-2-3-11-29;1-27-13-7-6-12(19)15(20)14(13)16(26)11-8-23-18(25-17(11)22)24-10-4-2-9(21)3-5-10;5-3-1-2-4-6;2-1-4-3;;;/h8-9,12-14H,2-7,10-11H2,1H3,(H3,25,26,27,28);6-10H,2-5,21H2,1H3,(H3,22,23,24,25);1-4H2;1,3H;;;/q;;;;2*+1;-1/p-1. The number of ketones is 2. The zero-order chi connectivity index (χ0) is 49.8. The van der Waals surface area contributed by atoms with E-state index < -0.39 is 46.0 Å². The first kappa shape index (κ1) is 62.9. The van der Waals surface area contributed by atoms with Crippen molar-refractivity contribution in [1.29, 1.82) is 0 Å². The van der Waals surface area contributed by atoms with Gasteiger partial charge >= 0.3 is 59.1 Å². The molecule has 0 radical (unpaired) electrons. The number of carbonyl (C=O) groups excluding carboxylic acids is 3. The number of hydrogen-bond donors (Lipinski definition) is 5. The molecule has 0 atom stereocenters. The van der Waals surface area contributed by atoms with Crippen LogP contribution in [0.1, 0.15) is 110 Å². The summed E-state index contributed by atoms with van der Waals surface area (Å²) in [6, 6.07) is 5.42. The van der Waals surface area contributed by atoms with Gasteiger partial charge in [0.15, 0.2) is 23.3 Å². The Bertz CT molecular complexity index is 2290. The Labute approximate surface area is 467 Å². The first-order valence-corrected chi connectivity index (χ1v) is 24.2. The van der Waals surface area contributed by atoms with Gasteiger partial charge < -0.3 is 53.8 Å². The van der Waals surface area contributed by atoms with Crippen LogP contribution in [0.2, 0.25) is 0 Å². The fraction of sp³-hybridized carbons (Fsp3) is 0.489. The molecule has 17 nitrogen and oxygen atoms in total. The Morgan fingerprint density at radius 3 is 1.47 bits per heavy atom. The molecule has 3 fully saturated rings. The minimum atomic E-state index is -1.31. The van der Waals surface area contributed by atoms with Gasteiger partial charge in [0, 0.05) is 47.2 Å². The van der Waals surface area contributed by atoms with Gasteiger partial charge in [0.25, 0.3) is 6.47 Å². The number of nitrogen functional groups attached to an aromatic ring is 2. The number of nitrogens with two attached hydrogens (primary N) is 3. The average molecular weight is 1130 g/mol. The number of anilines is 4. The number of rotatable bonds is 15. The van der Waals surface area contributed by atoms with Crippen molar-refractivity contribution in [3.63, 3.8) is 0 Å². The second-order valence-electron chi connectivity index (χ2n) is 15.9. The van der Waals surface area contributed by atoms with Crippen molar-refractivity contribution in [1.82, 2.24) is 24.8 Å². The summed E-state index contributed by atoms with van der Waals surface area (Å²) in [5.74, 6) is -6.39. The zero-order valence-electron chi connectivity index (χ0n) is 40.8. The molecule has 3 aliphatic rings. The van der Waals surface area contributed by atoms with Crippen LogP contribution in [0.15, 0.2) is 36.7 Å². The van der Waals surface area contributed by atoms with Gasteiger partial charge in [-0.2, -0.15) is 9.97 Å². The van der Waals surface area contributed by atoms with Crippen molar-refractivity contribution in [2.24, 2.45) is 5.73 Å². The molecule has 374 valence electrons. The largest absolute Gasteiger partial charge is 1.00 e. The van der Waals surface area contributed by atoms with Gasteiger partial charge in [0.1, 0.15) is 34.3 Å².